The van der Waals surface area contributed by atoms with Gasteiger partial charge in [-0.05, 0) is 42.2 Å². The van der Waals surface area contributed by atoms with Gasteiger partial charge in [-0.15, -0.1) is 6.58 Å². The number of hydrogen-bond donors (Lipinski definition) is 11. The zero-order chi connectivity index (χ0) is 46.6. The minimum Gasteiger partial charge on any atom is -0.481 e. The van der Waals surface area contributed by atoms with Crippen molar-refractivity contribution in [2.75, 3.05) is 0 Å². The van der Waals surface area contributed by atoms with E-state index >= 15 is 0 Å². The van der Waals surface area contributed by atoms with Gasteiger partial charge < -0.3 is 61.9 Å². The molecular weight excluding hydrogens is 803 g/mol. The quantitative estimate of drug-likeness (QED) is 0.0295. The molecule has 1 aromatic carbocycles. The summed E-state index contributed by atoms with van der Waals surface area (Å²) in [6.07, 6.45) is -3.38. The Kier molecular flexibility index (Phi) is 22.4. The SMILES string of the molecule is C=CCC(NC(=O)[C@H](CC(C)C)NC(=O)[C@@H](NC(=O)[C@H](Cc1ccccc1C)NC(=O)[C@H](CCC(=O)O)NC(=O)[C@H](CC(=O)O)NC(=O)CCC(=O)O)C(C)(C)C)OB(O)O. The van der Waals surface area contributed by atoms with Gasteiger partial charge in [0, 0.05) is 25.7 Å². The first-order valence-corrected chi connectivity index (χ1v) is 19.5. The smallest absolute Gasteiger partial charge is 0.481 e. The molecular formula is C39H59BN6O15. The molecule has 0 aliphatic rings. The number of hydrogen-bond acceptors (Lipinski definition) is 12. The highest BCUT2D eigenvalue weighted by molar-refractivity contribution is 6.32. The number of rotatable bonds is 27. The van der Waals surface area contributed by atoms with Crippen molar-refractivity contribution in [3.05, 3.63) is 48.0 Å². The van der Waals surface area contributed by atoms with Crippen LogP contribution in [0.2, 0.25) is 0 Å². The predicted molar refractivity (Wildman–Crippen MR) is 217 cm³/mol. The molecule has 338 valence electrons. The number of amides is 6. The molecule has 0 spiro atoms. The largest absolute Gasteiger partial charge is 0.635 e. The lowest BCUT2D eigenvalue weighted by atomic mass is 9.85. The Balaban J connectivity index is 3.56. The van der Waals surface area contributed by atoms with E-state index in [9.17, 15) is 63.4 Å². The second-order valence-corrected chi connectivity index (χ2v) is 15.8. The van der Waals surface area contributed by atoms with Crippen molar-refractivity contribution in [2.24, 2.45) is 11.3 Å². The van der Waals surface area contributed by atoms with E-state index in [1.165, 1.54) is 6.08 Å². The molecule has 0 fully saturated rings. The summed E-state index contributed by atoms with van der Waals surface area (Å²) in [7, 11) is -2.22. The number of carbonyl (C=O) groups excluding carboxylic acids is 6. The van der Waals surface area contributed by atoms with Gasteiger partial charge in [-0.2, -0.15) is 0 Å². The maximum Gasteiger partial charge on any atom is 0.635 e. The van der Waals surface area contributed by atoms with Crippen LogP contribution in [0.15, 0.2) is 36.9 Å². The van der Waals surface area contributed by atoms with E-state index in [-0.39, 0.29) is 25.2 Å². The number of nitrogens with one attached hydrogen (secondary N) is 6. The van der Waals surface area contributed by atoms with Crippen molar-refractivity contribution < 1.29 is 73.2 Å². The molecule has 22 heteroatoms. The van der Waals surface area contributed by atoms with E-state index < -0.39 is 135 Å². The summed E-state index contributed by atoms with van der Waals surface area (Å²) >= 11 is 0. The van der Waals surface area contributed by atoms with Gasteiger partial charge in [-0.1, -0.05) is 65.0 Å². The van der Waals surface area contributed by atoms with E-state index in [1.54, 1.807) is 65.8 Å². The zero-order valence-corrected chi connectivity index (χ0v) is 35.2. The van der Waals surface area contributed by atoms with Crippen molar-refractivity contribution in [1.82, 2.24) is 31.9 Å². The van der Waals surface area contributed by atoms with Crippen LogP contribution in [0.1, 0.15) is 90.7 Å². The lowest BCUT2D eigenvalue weighted by Gasteiger charge is -2.34. The highest BCUT2D eigenvalue weighted by Crippen LogP contribution is 2.21. The summed E-state index contributed by atoms with van der Waals surface area (Å²) in [6, 6.07) is -0.725. The fourth-order valence-corrected chi connectivity index (χ4v) is 5.80. The highest BCUT2D eigenvalue weighted by atomic mass is 16.6. The van der Waals surface area contributed by atoms with Gasteiger partial charge in [-0.25, -0.2) is 0 Å². The molecule has 6 amide bonds. The third-order valence-corrected chi connectivity index (χ3v) is 8.92. The second-order valence-electron chi connectivity index (χ2n) is 15.8. The number of aliphatic carboxylic acids is 3. The Morgan fingerprint density at radius 1 is 0.705 bits per heavy atom. The van der Waals surface area contributed by atoms with Crippen LogP contribution < -0.4 is 31.9 Å². The maximum atomic E-state index is 14.3. The molecule has 0 saturated heterocycles. The minimum absolute atomic E-state index is 0.0186. The van der Waals surface area contributed by atoms with Gasteiger partial charge in [0.1, 0.15) is 36.4 Å². The fraction of sp³-hybridized carbons (Fsp3) is 0.564. The Bertz CT molecular complexity index is 1730. The maximum absolute atomic E-state index is 14.3. The van der Waals surface area contributed by atoms with E-state index in [0.29, 0.717) is 11.1 Å². The monoisotopic (exact) mass is 862 g/mol. The van der Waals surface area contributed by atoms with Crippen molar-refractivity contribution in [3.8, 4) is 0 Å². The van der Waals surface area contributed by atoms with Crippen LogP contribution in [0.5, 0.6) is 0 Å². The van der Waals surface area contributed by atoms with Crippen LogP contribution in [0, 0.1) is 18.3 Å². The third kappa shape index (κ3) is 20.8. The molecule has 61 heavy (non-hydrogen) atoms. The second kappa shape index (κ2) is 25.7. The zero-order valence-electron chi connectivity index (χ0n) is 35.2. The number of carboxylic acids is 3. The molecule has 0 saturated carbocycles. The van der Waals surface area contributed by atoms with Gasteiger partial charge in [-0.3, -0.25) is 43.2 Å². The van der Waals surface area contributed by atoms with Crippen molar-refractivity contribution in [3.63, 3.8) is 0 Å². The molecule has 21 nitrogen and oxygen atoms in total. The number of aryl methyl sites for hydroxylation is 1. The first-order valence-electron chi connectivity index (χ1n) is 19.5. The molecule has 11 N–H and O–H groups in total. The lowest BCUT2D eigenvalue weighted by Crippen LogP contribution is -2.62. The van der Waals surface area contributed by atoms with Gasteiger partial charge in [0.15, 0.2) is 0 Å². The fourth-order valence-electron chi connectivity index (χ4n) is 5.80. The molecule has 0 aliphatic heterocycles. The number of carbonyl (C=O) groups is 9. The van der Waals surface area contributed by atoms with Crippen LogP contribution in [-0.2, 0) is 54.2 Å². The normalized spacial score (nSPS) is 14.1. The van der Waals surface area contributed by atoms with Gasteiger partial charge in [0.25, 0.3) is 0 Å². The highest BCUT2D eigenvalue weighted by Gasteiger charge is 2.38. The van der Waals surface area contributed by atoms with Crippen LogP contribution in [-0.4, -0.2) is 122 Å². The van der Waals surface area contributed by atoms with Crippen LogP contribution >= 0.6 is 0 Å². The molecule has 0 radical (unpaired) electrons. The third-order valence-electron chi connectivity index (χ3n) is 8.92. The predicted octanol–water partition coefficient (Wildman–Crippen LogP) is -0.737. The minimum atomic E-state index is -2.22. The van der Waals surface area contributed by atoms with Crippen molar-refractivity contribution in [2.45, 2.75) is 129 Å². The molecule has 0 heterocycles. The van der Waals surface area contributed by atoms with E-state index in [2.05, 4.69) is 38.5 Å². The topological polar surface area (TPSA) is 336 Å². The first-order chi connectivity index (χ1) is 28.3. The average Bonchev–Trinajstić information content (AvgIpc) is 3.13. The first kappa shape index (κ1) is 53.2. The molecule has 1 unspecified atom stereocenters. The standard InChI is InChI=1S/C39H59BN6O15/c1-8-11-29(61-40(59)60)45-36(56)25(18-21(2)3)44-38(58)33(39(5,6)7)46-37(57)26(19-23-13-10-9-12-22(23)4)43-34(54)24(14-16-30(48)49)42-35(55)27(20-32(52)53)41-28(47)15-17-31(50)51/h8-10,12-13,21,24-27,29,33,59-60H,1,11,14-20H2,2-7H3,(H,41,47)(H,42,55)(H,43,54)(H,44,58)(H,45,56)(H,46,57)(H,48,49)(H,50,51)(H,52,53)/t24-,25-,26-,27-,29?,33+/m0/s1. The molecule has 0 aromatic heterocycles. The van der Waals surface area contributed by atoms with Crippen molar-refractivity contribution in [1.29, 1.82) is 0 Å². The Labute approximate surface area is 354 Å². The molecule has 6 atom stereocenters. The lowest BCUT2D eigenvalue weighted by molar-refractivity contribution is -0.142. The van der Waals surface area contributed by atoms with E-state index in [0.717, 1.165) is 0 Å². The average molecular weight is 863 g/mol. The molecule has 0 aliphatic carbocycles. The molecule has 1 rings (SSSR count). The Morgan fingerprint density at radius 2 is 1.25 bits per heavy atom. The van der Waals surface area contributed by atoms with Gasteiger partial charge in [0.2, 0.25) is 35.4 Å². The van der Waals surface area contributed by atoms with Crippen LogP contribution in [0.4, 0.5) is 0 Å². The van der Waals surface area contributed by atoms with Crippen LogP contribution in [0.25, 0.3) is 0 Å². The summed E-state index contributed by atoms with van der Waals surface area (Å²) in [5, 5.41) is 61.0. The molecule has 1 aromatic rings. The Morgan fingerprint density at radius 3 is 1.77 bits per heavy atom. The molecule has 0 bridgehead atoms. The van der Waals surface area contributed by atoms with Crippen LogP contribution in [0.3, 0.4) is 0 Å². The van der Waals surface area contributed by atoms with E-state index in [4.69, 9.17) is 9.76 Å². The van der Waals surface area contributed by atoms with Gasteiger partial charge >= 0.3 is 25.2 Å². The van der Waals surface area contributed by atoms with Crippen molar-refractivity contribution >= 4 is 60.7 Å². The summed E-state index contributed by atoms with van der Waals surface area (Å²) in [5.74, 6) is -10.1. The summed E-state index contributed by atoms with van der Waals surface area (Å²) in [6.45, 7) is 13.8. The summed E-state index contributed by atoms with van der Waals surface area (Å²) in [4.78, 5) is 115. The number of benzene rings is 1. The number of carboxylic acid groups (broad SMARTS) is 3. The summed E-state index contributed by atoms with van der Waals surface area (Å²) < 4.78 is 4.91. The van der Waals surface area contributed by atoms with E-state index in [1.807, 2.05) is 0 Å². The summed E-state index contributed by atoms with van der Waals surface area (Å²) in [5.41, 5.74) is 0.257. The van der Waals surface area contributed by atoms with Gasteiger partial charge in [0.05, 0.1) is 12.8 Å². The Hall–Kier alpha value is -5.87.